The van der Waals surface area contributed by atoms with E-state index in [0.717, 1.165) is 37.1 Å². The molecule has 0 unspecified atom stereocenters. The normalized spacial score (nSPS) is 11.5. The number of ether oxygens (including phenoxy) is 3. The first kappa shape index (κ1) is 31.3. The van der Waals surface area contributed by atoms with Gasteiger partial charge in [0.1, 0.15) is 12.4 Å². The van der Waals surface area contributed by atoms with Crippen LogP contribution in [0, 0.1) is 17.4 Å². The molecule has 0 aliphatic rings. The maximum absolute atomic E-state index is 13.9. The lowest BCUT2D eigenvalue weighted by Crippen LogP contribution is -2.21. The molecule has 0 bridgehead atoms. The number of para-hydroxylation sites is 1. The zero-order valence-electron chi connectivity index (χ0n) is 25.8. The number of halogens is 1. The van der Waals surface area contributed by atoms with Gasteiger partial charge in [-0.15, -0.1) is 0 Å². The smallest absolute Gasteiger partial charge is 0.282 e. The van der Waals surface area contributed by atoms with Crippen molar-refractivity contribution in [2.75, 3.05) is 13.7 Å². The molecule has 7 nitrogen and oxygen atoms in total. The Labute approximate surface area is 271 Å². The summed E-state index contributed by atoms with van der Waals surface area (Å²) in [5, 5.41) is 5.21. The minimum Gasteiger partial charge on any atom is -0.494 e. The van der Waals surface area contributed by atoms with Gasteiger partial charge in [0.05, 0.1) is 34.4 Å². The van der Waals surface area contributed by atoms with Gasteiger partial charge in [0.15, 0.2) is 17.3 Å². The van der Waals surface area contributed by atoms with Gasteiger partial charge in [-0.1, -0.05) is 55.8 Å². The Balaban J connectivity index is 1.59. The van der Waals surface area contributed by atoms with Crippen molar-refractivity contribution in [2.24, 2.45) is 5.10 Å². The topological polar surface area (TPSA) is 74.9 Å². The van der Waals surface area contributed by atoms with Crippen molar-refractivity contribution in [3.63, 3.8) is 0 Å². The minimum absolute atomic E-state index is 0.209. The number of nitrogens with zero attached hydrogens (tertiary/aromatic N) is 3. The number of methoxy groups -OCH3 is 1. The maximum Gasteiger partial charge on any atom is 0.282 e. The predicted molar refractivity (Wildman–Crippen MR) is 186 cm³/mol. The van der Waals surface area contributed by atoms with E-state index in [2.05, 4.69) is 61.6 Å². The van der Waals surface area contributed by atoms with E-state index in [4.69, 9.17) is 24.3 Å². The first-order valence-electron chi connectivity index (χ1n) is 14.6. The molecule has 1 aromatic heterocycles. The number of hydrogen-bond donors (Lipinski definition) is 0. The third-order valence-corrected chi connectivity index (χ3v) is 8.11. The lowest BCUT2D eigenvalue weighted by Gasteiger charge is -2.18. The number of hydrogen-bond acceptors (Lipinski definition) is 6. The summed E-state index contributed by atoms with van der Waals surface area (Å²) in [5.74, 6) is 2.75. The molecule has 0 radical (unpaired) electrons. The number of rotatable bonds is 10. The number of benzene rings is 4. The van der Waals surface area contributed by atoms with Crippen LogP contribution in [0.3, 0.4) is 0 Å². The lowest BCUT2D eigenvalue weighted by atomic mass is 9.96. The first-order valence-corrected chi connectivity index (χ1v) is 15.7. The highest BCUT2D eigenvalue weighted by molar-refractivity contribution is 14.1. The van der Waals surface area contributed by atoms with Crippen molar-refractivity contribution >= 4 is 39.7 Å². The molecule has 5 aromatic rings. The van der Waals surface area contributed by atoms with Crippen molar-refractivity contribution in [3.8, 4) is 28.6 Å². The van der Waals surface area contributed by atoms with Crippen molar-refractivity contribution in [3.05, 3.63) is 115 Å². The van der Waals surface area contributed by atoms with E-state index in [9.17, 15) is 4.79 Å². The molecule has 0 saturated carbocycles. The molecule has 5 rings (SSSR count). The average Bonchev–Trinajstić information content (AvgIpc) is 3.00. The van der Waals surface area contributed by atoms with Crippen LogP contribution in [0.15, 0.2) is 82.7 Å². The van der Waals surface area contributed by atoms with Crippen LogP contribution in [0.1, 0.15) is 54.5 Å². The van der Waals surface area contributed by atoms with E-state index >= 15 is 0 Å². The van der Waals surface area contributed by atoms with Gasteiger partial charge in [-0.05, 0) is 108 Å². The summed E-state index contributed by atoms with van der Waals surface area (Å²) >= 11 is 2.24. The Morgan fingerprint density at radius 3 is 2.50 bits per heavy atom. The summed E-state index contributed by atoms with van der Waals surface area (Å²) in [4.78, 5) is 18.8. The Bertz CT molecular complexity index is 1910. The molecule has 8 heteroatoms. The zero-order chi connectivity index (χ0) is 31.4. The lowest BCUT2D eigenvalue weighted by molar-refractivity contribution is 0.282. The predicted octanol–water partition coefficient (Wildman–Crippen LogP) is 8.28. The van der Waals surface area contributed by atoms with Crippen molar-refractivity contribution in [1.29, 1.82) is 0 Å². The van der Waals surface area contributed by atoms with Crippen LogP contribution in [0.25, 0.3) is 22.3 Å². The molecule has 0 atom stereocenters. The molecule has 44 heavy (non-hydrogen) atoms. The Morgan fingerprint density at radius 1 is 0.977 bits per heavy atom. The molecular formula is C36H36IN3O4. The van der Waals surface area contributed by atoms with Crippen LogP contribution in [-0.4, -0.2) is 29.6 Å². The van der Waals surface area contributed by atoms with Gasteiger partial charge in [-0.25, -0.2) is 4.98 Å². The Morgan fingerprint density at radius 2 is 1.77 bits per heavy atom. The molecule has 0 N–H and O–H groups in total. The zero-order valence-corrected chi connectivity index (χ0v) is 28.0. The van der Waals surface area contributed by atoms with Gasteiger partial charge in [-0.3, -0.25) is 4.79 Å². The minimum atomic E-state index is -0.249. The monoisotopic (exact) mass is 701 g/mol. The van der Waals surface area contributed by atoms with E-state index < -0.39 is 0 Å². The van der Waals surface area contributed by atoms with Gasteiger partial charge in [0.25, 0.3) is 5.56 Å². The summed E-state index contributed by atoms with van der Waals surface area (Å²) in [6, 6.07) is 23.5. The highest BCUT2D eigenvalue weighted by Crippen LogP contribution is 2.36. The molecule has 0 amide bonds. The van der Waals surface area contributed by atoms with E-state index in [1.165, 1.54) is 10.2 Å². The second-order valence-electron chi connectivity index (χ2n) is 10.9. The largest absolute Gasteiger partial charge is 0.494 e. The molecule has 0 aliphatic carbocycles. The summed E-state index contributed by atoms with van der Waals surface area (Å²) in [7, 11) is 1.61. The quantitative estimate of drug-likeness (QED) is 0.108. The molecule has 0 spiro atoms. The fourth-order valence-electron chi connectivity index (χ4n) is 5.11. The number of fused-ring (bicyclic) bond motifs is 1. The summed E-state index contributed by atoms with van der Waals surface area (Å²) in [6.07, 6.45) is 1.66. The SMILES string of the molecule is CCOc1cc(C)c(-c2nc3ccccc3c(=O)n2N=Cc2cc(I)c(OCc3cccc(C)c3)c(OC)c2)cc1C(C)C. The Hall–Kier alpha value is -4.18. The van der Waals surface area contributed by atoms with E-state index in [1.807, 2.05) is 62.4 Å². The Kier molecular flexibility index (Phi) is 9.68. The van der Waals surface area contributed by atoms with Crippen LogP contribution in [0.5, 0.6) is 17.2 Å². The fraction of sp³-hybridized carbons (Fsp3) is 0.250. The molecular weight excluding hydrogens is 665 g/mol. The molecule has 0 aliphatic heterocycles. The number of aryl methyl sites for hydroxylation is 2. The first-order chi connectivity index (χ1) is 21.2. The van der Waals surface area contributed by atoms with Crippen LogP contribution < -0.4 is 19.8 Å². The van der Waals surface area contributed by atoms with Crippen LogP contribution in [0.2, 0.25) is 0 Å². The van der Waals surface area contributed by atoms with Gasteiger partial charge in [0.2, 0.25) is 0 Å². The van der Waals surface area contributed by atoms with Crippen molar-refractivity contribution in [1.82, 2.24) is 9.66 Å². The van der Waals surface area contributed by atoms with Crippen LogP contribution in [-0.2, 0) is 6.61 Å². The molecule has 1 heterocycles. The van der Waals surface area contributed by atoms with Crippen molar-refractivity contribution in [2.45, 2.75) is 47.1 Å². The van der Waals surface area contributed by atoms with Crippen LogP contribution >= 0.6 is 22.6 Å². The second-order valence-corrected chi connectivity index (χ2v) is 12.1. The van der Waals surface area contributed by atoms with E-state index in [1.54, 1.807) is 19.4 Å². The third kappa shape index (κ3) is 6.65. The summed E-state index contributed by atoms with van der Waals surface area (Å²) < 4.78 is 20.1. The van der Waals surface area contributed by atoms with E-state index in [0.29, 0.717) is 41.4 Å². The highest BCUT2D eigenvalue weighted by Gasteiger charge is 2.19. The van der Waals surface area contributed by atoms with Gasteiger partial charge in [-0.2, -0.15) is 9.78 Å². The van der Waals surface area contributed by atoms with Gasteiger partial charge >= 0.3 is 0 Å². The standard InChI is InChI=1S/C36H36IN3O4/c1-7-43-32-16-24(5)29(19-28(32)22(2)3)35-39-31-14-9-8-13-27(31)36(41)40(35)38-20-26-17-30(37)34(33(18-26)42-6)44-21-25-12-10-11-23(4)15-25/h8-20,22H,7,21H2,1-6H3. The van der Waals surface area contributed by atoms with Crippen molar-refractivity contribution < 1.29 is 14.2 Å². The van der Waals surface area contributed by atoms with E-state index in [-0.39, 0.29) is 11.5 Å². The van der Waals surface area contributed by atoms with Crippen LogP contribution in [0.4, 0.5) is 0 Å². The maximum atomic E-state index is 13.9. The molecule has 4 aromatic carbocycles. The summed E-state index contributed by atoms with van der Waals surface area (Å²) in [5.41, 5.74) is 6.19. The number of aromatic nitrogens is 2. The fourth-order valence-corrected chi connectivity index (χ4v) is 5.89. The third-order valence-electron chi connectivity index (χ3n) is 7.31. The highest BCUT2D eigenvalue weighted by atomic mass is 127. The van der Waals surface area contributed by atoms with Gasteiger partial charge in [0, 0.05) is 5.56 Å². The second kappa shape index (κ2) is 13.6. The molecule has 0 saturated heterocycles. The summed E-state index contributed by atoms with van der Waals surface area (Å²) in [6.45, 7) is 11.3. The van der Waals surface area contributed by atoms with Gasteiger partial charge < -0.3 is 14.2 Å². The average molecular weight is 702 g/mol. The molecule has 0 fully saturated rings. The molecule has 226 valence electrons.